The van der Waals surface area contributed by atoms with Gasteiger partial charge in [-0.2, -0.15) is 0 Å². The molecule has 0 aliphatic heterocycles. The highest BCUT2D eigenvalue weighted by molar-refractivity contribution is 7.13. The maximum atomic E-state index is 12.3. The van der Waals surface area contributed by atoms with Gasteiger partial charge in [0.15, 0.2) is 5.60 Å². The summed E-state index contributed by atoms with van der Waals surface area (Å²) in [7, 11) is 0. The van der Waals surface area contributed by atoms with E-state index >= 15 is 0 Å². The zero-order valence-corrected chi connectivity index (χ0v) is 12.7. The third-order valence-electron chi connectivity index (χ3n) is 3.74. The Hall–Kier alpha value is -1.43. The van der Waals surface area contributed by atoms with Crippen molar-refractivity contribution in [3.05, 3.63) is 15.6 Å². The zero-order valence-electron chi connectivity index (χ0n) is 11.9. The topological polar surface area (TPSA) is 82.3 Å². The molecule has 1 aromatic rings. The third kappa shape index (κ3) is 3.00. The molecule has 5 nitrogen and oxygen atoms in total. The van der Waals surface area contributed by atoms with Crippen LogP contribution in [0.2, 0.25) is 0 Å². The monoisotopic (exact) mass is 296 g/mol. The van der Waals surface area contributed by atoms with Gasteiger partial charge < -0.3 is 10.5 Å². The summed E-state index contributed by atoms with van der Waals surface area (Å²) >= 11 is 1.29. The summed E-state index contributed by atoms with van der Waals surface area (Å²) in [6, 6.07) is 0. The van der Waals surface area contributed by atoms with Crippen LogP contribution in [-0.4, -0.2) is 22.5 Å². The summed E-state index contributed by atoms with van der Waals surface area (Å²) in [5, 5.41) is 0.809. The van der Waals surface area contributed by atoms with E-state index in [1.165, 1.54) is 11.3 Å². The molecule has 1 aliphatic rings. The Labute approximate surface area is 122 Å². The molecule has 0 bridgehead atoms. The summed E-state index contributed by atoms with van der Waals surface area (Å²) < 4.78 is 5.56. The number of carbonyl (C=O) groups is 2. The van der Waals surface area contributed by atoms with E-state index in [4.69, 9.17) is 10.5 Å². The van der Waals surface area contributed by atoms with Crippen molar-refractivity contribution in [2.75, 3.05) is 0 Å². The summed E-state index contributed by atoms with van der Waals surface area (Å²) in [6.07, 6.45) is 4.85. The summed E-state index contributed by atoms with van der Waals surface area (Å²) in [5.41, 5.74) is 5.02. The van der Waals surface area contributed by atoms with Gasteiger partial charge in [0, 0.05) is 0 Å². The molecule has 2 N–H and O–H groups in total. The summed E-state index contributed by atoms with van der Waals surface area (Å²) in [6.45, 7) is 3.61. The quantitative estimate of drug-likeness (QED) is 0.686. The number of aryl methyl sites for hydroxylation is 2. The number of rotatable bonds is 3. The molecule has 0 atom stereocenters. The number of hydrogen-bond acceptors (Lipinski definition) is 5. The van der Waals surface area contributed by atoms with E-state index in [0.717, 1.165) is 30.7 Å². The molecule has 2 rings (SSSR count). The van der Waals surface area contributed by atoms with Gasteiger partial charge in [0.1, 0.15) is 4.88 Å². The first-order valence-corrected chi connectivity index (χ1v) is 7.73. The fourth-order valence-corrected chi connectivity index (χ4v) is 3.44. The number of aromatic nitrogens is 1. The minimum absolute atomic E-state index is 0.465. The number of primary amides is 1. The van der Waals surface area contributed by atoms with Gasteiger partial charge in [0.25, 0.3) is 5.91 Å². The smallest absolute Gasteiger partial charge is 0.351 e. The lowest BCUT2D eigenvalue weighted by atomic mass is 9.93. The molecule has 20 heavy (non-hydrogen) atoms. The molecule has 0 saturated heterocycles. The highest BCUT2D eigenvalue weighted by atomic mass is 32.1. The Bertz CT molecular complexity index is 516. The molecule has 0 unspecified atom stereocenters. The van der Waals surface area contributed by atoms with Crippen LogP contribution in [0.15, 0.2) is 0 Å². The Kier molecular flexibility index (Phi) is 4.42. The van der Waals surface area contributed by atoms with E-state index in [0.29, 0.717) is 23.4 Å². The predicted molar refractivity (Wildman–Crippen MR) is 76.6 cm³/mol. The standard InChI is InChI=1S/C14H20N2O3S/c1-9-11(20-10(2)16-9)12(17)19-14(13(15)18)7-5-3-4-6-8-14/h3-8H2,1-2H3,(H2,15,18). The molecule has 6 heteroatoms. The van der Waals surface area contributed by atoms with E-state index < -0.39 is 17.5 Å². The van der Waals surface area contributed by atoms with Crippen molar-refractivity contribution in [2.45, 2.75) is 58.0 Å². The van der Waals surface area contributed by atoms with Crippen molar-refractivity contribution < 1.29 is 14.3 Å². The van der Waals surface area contributed by atoms with E-state index in [2.05, 4.69) is 4.98 Å². The molecule has 1 amide bonds. The molecule has 110 valence electrons. The molecular weight excluding hydrogens is 276 g/mol. The van der Waals surface area contributed by atoms with Crippen LogP contribution in [0, 0.1) is 13.8 Å². The van der Waals surface area contributed by atoms with E-state index in [1.807, 2.05) is 6.92 Å². The first-order chi connectivity index (χ1) is 9.44. The lowest BCUT2D eigenvalue weighted by Gasteiger charge is -2.28. The number of esters is 1. The van der Waals surface area contributed by atoms with Gasteiger partial charge in [-0.25, -0.2) is 9.78 Å². The van der Waals surface area contributed by atoms with Gasteiger partial charge in [-0.05, 0) is 39.5 Å². The number of carbonyl (C=O) groups excluding carboxylic acids is 2. The Morgan fingerprint density at radius 2 is 1.80 bits per heavy atom. The number of nitrogens with zero attached hydrogens (tertiary/aromatic N) is 1. The van der Waals surface area contributed by atoms with Crippen LogP contribution in [0.3, 0.4) is 0 Å². The second kappa shape index (κ2) is 5.91. The van der Waals surface area contributed by atoms with Crippen LogP contribution < -0.4 is 5.73 Å². The maximum Gasteiger partial charge on any atom is 0.351 e. The van der Waals surface area contributed by atoms with Crippen molar-refractivity contribution in [1.82, 2.24) is 4.98 Å². The first-order valence-electron chi connectivity index (χ1n) is 6.92. The maximum absolute atomic E-state index is 12.3. The molecule has 1 fully saturated rings. The zero-order chi connectivity index (χ0) is 14.8. The largest absolute Gasteiger partial charge is 0.445 e. The van der Waals surface area contributed by atoms with Crippen molar-refractivity contribution >= 4 is 23.2 Å². The fraction of sp³-hybridized carbons (Fsp3) is 0.643. The lowest BCUT2D eigenvalue weighted by Crippen LogP contribution is -2.47. The van der Waals surface area contributed by atoms with E-state index in [-0.39, 0.29) is 0 Å². The molecule has 1 aromatic heterocycles. The van der Waals surface area contributed by atoms with Crippen LogP contribution in [-0.2, 0) is 9.53 Å². The third-order valence-corrected chi connectivity index (χ3v) is 4.79. The highest BCUT2D eigenvalue weighted by Crippen LogP contribution is 2.32. The number of ether oxygens (including phenoxy) is 1. The first kappa shape index (κ1) is 15.0. The van der Waals surface area contributed by atoms with Gasteiger partial charge in [0.2, 0.25) is 0 Å². The lowest BCUT2D eigenvalue weighted by molar-refractivity contribution is -0.138. The molecule has 1 aliphatic carbocycles. The Balaban J connectivity index is 2.21. The van der Waals surface area contributed by atoms with E-state index in [9.17, 15) is 9.59 Å². The molecule has 1 saturated carbocycles. The van der Waals surface area contributed by atoms with Gasteiger partial charge in [-0.15, -0.1) is 11.3 Å². The minimum atomic E-state index is -1.14. The molecular formula is C14H20N2O3S. The number of nitrogens with two attached hydrogens (primary N) is 1. The Morgan fingerprint density at radius 1 is 1.20 bits per heavy atom. The van der Waals surface area contributed by atoms with Gasteiger partial charge >= 0.3 is 5.97 Å². The SMILES string of the molecule is Cc1nc(C)c(C(=O)OC2(C(N)=O)CCCCCC2)s1. The van der Waals surface area contributed by atoms with E-state index in [1.54, 1.807) is 6.92 Å². The predicted octanol–water partition coefficient (Wildman–Crippen LogP) is 2.50. The minimum Gasteiger partial charge on any atom is -0.445 e. The summed E-state index contributed by atoms with van der Waals surface area (Å²) in [4.78, 5) is 28.8. The van der Waals surface area contributed by atoms with Crippen LogP contribution in [0.25, 0.3) is 0 Å². The molecule has 0 aromatic carbocycles. The second-order valence-corrected chi connectivity index (χ2v) is 6.51. The highest BCUT2D eigenvalue weighted by Gasteiger charge is 2.41. The van der Waals surface area contributed by atoms with Crippen molar-refractivity contribution in [2.24, 2.45) is 5.73 Å². The normalized spacial score (nSPS) is 18.3. The van der Waals surface area contributed by atoms with Gasteiger partial charge in [-0.3, -0.25) is 4.79 Å². The molecule has 0 spiro atoms. The van der Waals surface area contributed by atoms with Gasteiger partial charge in [0.05, 0.1) is 10.7 Å². The number of hydrogen-bond donors (Lipinski definition) is 1. The van der Waals surface area contributed by atoms with Crippen molar-refractivity contribution in [3.63, 3.8) is 0 Å². The fourth-order valence-electron chi connectivity index (χ4n) is 2.64. The van der Waals surface area contributed by atoms with Crippen LogP contribution in [0.5, 0.6) is 0 Å². The van der Waals surface area contributed by atoms with Crippen LogP contribution >= 0.6 is 11.3 Å². The van der Waals surface area contributed by atoms with Gasteiger partial charge in [-0.1, -0.05) is 12.8 Å². The second-order valence-electron chi connectivity index (χ2n) is 5.31. The summed E-state index contributed by atoms with van der Waals surface area (Å²) in [5.74, 6) is -1.01. The average Bonchev–Trinajstić information content (AvgIpc) is 2.60. The Morgan fingerprint density at radius 3 is 2.25 bits per heavy atom. The number of thiazole rings is 1. The average molecular weight is 296 g/mol. The molecule has 1 heterocycles. The van der Waals surface area contributed by atoms with Crippen LogP contribution in [0.4, 0.5) is 0 Å². The van der Waals surface area contributed by atoms with Crippen molar-refractivity contribution in [3.8, 4) is 0 Å². The van der Waals surface area contributed by atoms with Crippen LogP contribution in [0.1, 0.15) is 58.9 Å². The number of amides is 1. The van der Waals surface area contributed by atoms with Crippen molar-refractivity contribution in [1.29, 1.82) is 0 Å². The molecule has 0 radical (unpaired) electrons.